The molecule has 25 heavy (non-hydrogen) atoms. The third-order valence-corrected chi connectivity index (χ3v) is 3.76. The second kappa shape index (κ2) is 10.2. The third kappa shape index (κ3) is 6.35. The molecule has 1 unspecified atom stereocenters. The number of nitrogens with one attached hydrogen (secondary N) is 2. The first-order valence-electron chi connectivity index (χ1n) is 8.43. The Morgan fingerprint density at radius 3 is 2.56 bits per heavy atom. The predicted octanol–water partition coefficient (Wildman–Crippen LogP) is 1.28. The Labute approximate surface area is 147 Å². The molecule has 0 aliphatic carbocycles. The average molecular weight is 340 g/mol. The van der Waals surface area contributed by atoms with Crippen LogP contribution in [0.4, 0.5) is 0 Å². The van der Waals surface area contributed by atoms with Gasteiger partial charge in [0.1, 0.15) is 6.04 Å². The van der Waals surface area contributed by atoms with E-state index in [1.165, 1.54) is 6.20 Å². The summed E-state index contributed by atoms with van der Waals surface area (Å²) >= 11 is 0. The Hall–Kier alpha value is -2.73. The summed E-state index contributed by atoms with van der Waals surface area (Å²) in [6.07, 6.45) is 5.18. The maximum atomic E-state index is 12.5. The number of amides is 2. The molecule has 1 aromatic heterocycles. The van der Waals surface area contributed by atoms with Crippen LogP contribution >= 0.6 is 0 Å². The van der Waals surface area contributed by atoms with Gasteiger partial charge in [-0.25, -0.2) is 0 Å². The van der Waals surface area contributed by atoms with Crippen LogP contribution in [0.1, 0.15) is 28.8 Å². The van der Waals surface area contributed by atoms with Gasteiger partial charge >= 0.3 is 0 Å². The average Bonchev–Trinajstić information content (AvgIpc) is 2.66. The molecule has 0 aliphatic rings. The number of benzene rings is 1. The first-order valence-corrected chi connectivity index (χ1v) is 8.43. The largest absolute Gasteiger partial charge is 0.354 e. The molecule has 2 rings (SSSR count). The van der Waals surface area contributed by atoms with Crippen LogP contribution in [0.15, 0.2) is 54.9 Å². The molecule has 0 saturated carbocycles. The van der Waals surface area contributed by atoms with Crippen molar-refractivity contribution < 1.29 is 9.59 Å². The molecule has 0 fully saturated rings. The molecule has 0 aliphatic heterocycles. The second-order valence-corrected chi connectivity index (χ2v) is 5.74. The third-order valence-electron chi connectivity index (χ3n) is 3.76. The van der Waals surface area contributed by atoms with Crippen molar-refractivity contribution >= 4 is 11.8 Å². The molecule has 6 heteroatoms. The predicted molar refractivity (Wildman–Crippen MR) is 96.9 cm³/mol. The SMILES string of the molecule is NCCCCNC(=O)C(Cc1ccccc1)NC(=O)c1cccnc1. The topological polar surface area (TPSA) is 97.1 Å². The zero-order valence-electron chi connectivity index (χ0n) is 14.2. The van der Waals surface area contributed by atoms with E-state index in [0.29, 0.717) is 25.1 Å². The number of hydrogen-bond acceptors (Lipinski definition) is 4. The van der Waals surface area contributed by atoms with Crippen molar-refractivity contribution in [2.75, 3.05) is 13.1 Å². The van der Waals surface area contributed by atoms with Crippen LogP contribution in [0.5, 0.6) is 0 Å². The highest BCUT2D eigenvalue weighted by Gasteiger charge is 2.21. The monoisotopic (exact) mass is 340 g/mol. The molecular formula is C19H24N4O2. The van der Waals surface area contributed by atoms with Gasteiger partial charge in [0.2, 0.25) is 5.91 Å². The lowest BCUT2D eigenvalue weighted by atomic mass is 10.0. The van der Waals surface area contributed by atoms with E-state index in [1.807, 2.05) is 30.3 Å². The minimum Gasteiger partial charge on any atom is -0.354 e. The Kier molecular flexibility index (Phi) is 7.59. The van der Waals surface area contributed by atoms with Gasteiger partial charge in [0.25, 0.3) is 5.91 Å². The van der Waals surface area contributed by atoms with E-state index in [9.17, 15) is 9.59 Å². The summed E-state index contributed by atoms with van der Waals surface area (Å²) in [5.74, 6) is -0.510. The van der Waals surface area contributed by atoms with Crippen LogP contribution in [-0.4, -0.2) is 35.9 Å². The Morgan fingerprint density at radius 1 is 1.08 bits per heavy atom. The van der Waals surface area contributed by atoms with Gasteiger partial charge in [0, 0.05) is 25.4 Å². The van der Waals surface area contributed by atoms with Gasteiger partial charge in [-0.2, -0.15) is 0 Å². The Bertz CT molecular complexity index is 662. The van der Waals surface area contributed by atoms with E-state index < -0.39 is 6.04 Å². The maximum Gasteiger partial charge on any atom is 0.253 e. The summed E-state index contributed by atoms with van der Waals surface area (Å²) in [6.45, 7) is 1.14. The minimum atomic E-state index is -0.645. The smallest absolute Gasteiger partial charge is 0.253 e. The molecule has 6 nitrogen and oxygen atoms in total. The van der Waals surface area contributed by atoms with Crippen LogP contribution in [0, 0.1) is 0 Å². The highest BCUT2D eigenvalue weighted by Crippen LogP contribution is 2.05. The van der Waals surface area contributed by atoms with Gasteiger partial charge in [-0.3, -0.25) is 14.6 Å². The minimum absolute atomic E-state index is 0.196. The molecule has 0 spiro atoms. The van der Waals surface area contributed by atoms with Crippen molar-refractivity contribution in [3.05, 3.63) is 66.0 Å². The highest BCUT2D eigenvalue weighted by atomic mass is 16.2. The normalized spacial score (nSPS) is 11.6. The number of nitrogens with two attached hydrogens (primary N) is 1. The number of rotatable bonds is 9. The number of carbonyl (C=O) groups excluding carboxylic acids is 2. The van der Waals surface area contributed by atoms with Crippen LogP contribution in [0.3, 0.4) is 0 Å². The molecule has 4 N–H and O–H groups in total. The van der Waals surface area contributed by atoms with Gasteiger partial charge in [-0.1, -0.05) is 30.3 Å². The van der Waals surface area contributed by atoms with Crippen molar-refractivity contribution in [2.45, 2.75) is 25.3 Å². The van der Waals surface area contributed by atoms with Crippen molar-refractivity contribution in [1.29, 1.82) is 0 Å². The summed E-state index contributed by atoms with van der Waals surface area (Å²) in [7, 11) is 0. The van der Waals surface area contributed by atoms with E-state index in [-0.39, 0.29) is 11.8 Å². The van der Waals surface area contributed by atoms with Crippen molar-refractivity contribution in [3.8, 4) is 0 Å². The van der Waals surface area contributed by atoms with E-state index in [1.54, 1.807) is 18.3 Å². The fourth-order valence-electron chi connectivity index (χ4n) is 2.40. The molecule has 2 aromatic rings. The van der Waals surface area contributed by atoms with E-state index in [2.05, 4.69) is 15.6 Å². The molecule has 0 saturated heterocycles. The highest BCUT2D eigenvalue weighted by molar-refractivity contribution is 5.97. The van der Waals surface area contributed by atoms with Crippen molar-refractivity contribution in [1.82, 2.24) is 15.6 Å². The Balaban J connectivity index is 2.03. The van der Waals surface area contributed by atoms with Crippen molar-refractivity contribution in [2.24, 2.45) is 5.73 Å². The lowest BCUT2D eigenvalue weighted by molar-refractivity contribution is -0.122. The second-order valence-electron chi connectivity index (χ2n) is 5.74. The van der Waals surface area contributed by atoms with Gasteiger partial charge < -0.3 is 16.4 Å². The molecule has 1 aromatic carbocycles. The summed E-state index contributed by atoms with van der Waals surface area (Å²) in [5.41, 5.74) is 6.87. The molecular weight excluding hydrogens is 316 g/mol. The first kappa shape index (κ1) is 18.6. The van der Waals surface area contributed by atoms with E-state index in [0.717, 1.165) is 18.4 Å². The molecule has 2 amide bonds. The number of nitrogens with zero attached hydrogens (tertiary/aromatic N) is 1. The molecule has 0 bridgehead atoms. The number of aromatic nitrogens is 1. The van der Waals surface area contributed by atoms with Gasteiger partial charge in [0.15, 0.2) is 0 Å². The van der Waals surface area contributed by atoms with Gasteiger partial charge in [-0.05, 0) is 37.1 Å². The lowest BCUT2D eigenvalue weighted by Crippen LogP contribution is -2.48. The maximum absolute atomic E-state index is 12.5. The van der Waals surface area contributed by atoms with Crippen LogP contribution in [-0.2, 0) is 11.2 Å². The summed E-state index contributed by atoms with van der Waals surface area (Å²) in [6, 6.07) is 12.3. The van der Waals surface area contributed by atoms with Gasteiger partial charge in [-0.15, -0.1) is 0 Å². The summed E-state index contributed by atoms with van der Waals surface area (Å²) in [5, 5.41) is 5.68. The van der Waals surface area contributed by atoms with E-state index >= 15 is 0 Å². The number of carbonyl (C=O) groups is 2. The Morgan fingerprint density at radius 2 is 1.88 bits per heavy atom. The molecule has 0 radical (unpaired) electrons. The van der Waals surface area contributed by atoms with E-state index in [4.69, 9.17) is 5.73 Å². The van der Waals surface area contributed by atoms with Crippen LogP contribution in [0.2, 0.25) is 0 Å². The van der Waals surface area contributed by atoms with Gasteiger partial charge in [0.05, 0.1) is 5.56 Å². The van der Waals surface area contributed by atoms with Crippen molar-refractivity contribution in [3.63, 3.8) is 0 Å². The summed E-state index contributed by atoms with van der Waals surface area (Å²) < 4.78 is 0. The van der Waals surface area contributed by atoms with Crippen LogP contribution in [0.25, 0.3) is 0 Å². The summed E-state index contributed by atoms with van der Waals surface area (Å²) in [4.78, 5) is 28.8. The molecule has 1 atom stereocenters. The fraction of sp³-hybridized carbons (Fsp3) is 0.316. The fourth-order valence-corrected chi connectivity index (χ4v) is 2.40. The number of unbranched alkanes of at least 4 members (excludes halogenated alkanes) is 1. The van der Waals surface area contributed by atoms with Crippen LogP contribution < -0.4 is 16.4 Å². The quantitative estimate of drug-likeness (QED) is 0.599. The molecule has 1 heterocycles. The number of pyridine rings is 1. The zero-order chi connectivity index (χ0) is 17.9. The molecule has 132 valence electrons. The standard InChI is InChI=1S/C19H24N4O2/c20-10-4-5-12-22-19(25)17(13-15-7-2-1-3-8-15)23-18(24)16-9-6-11-21-14-16/h1-3,6-9,11,14,17H,4-5,10,12-13,20H2,(H,22,25)(H,23,24). The lowest BCUT2D eigenvalue weighted by Gasteiger charge is -2.18. The number of hydrogen-bond donors (Lipinski definition) is 3. The zero-order valence-corrected chi connectivity index (χ0v) is 14.2. The first-order chi connectivity index (χ1) is 12.2.